The number of halogens is 6. The normalized spacial score (nSPS) is 17.5. The summed E-state index contributed by atoms with van der Waals surface area (Å²) in [7, 11) is 0. The van der Waals surface area contributed by atoms with E-state index in [1.807, 2.05) is 0 Å². The van der Waals surface area contributed by atoms with E-state index in [1.54, 1.807) is 0 Å². The Balaban J connectivity index is 1.74. The van der Waals surface area contributed by atoms with Gasteiger partial charge in [-0.15, -0.1) is 10.2 Å². The van der Waals surface area contributed by atoms with Crippen molar-refractivity contribution in [1.82, 2.24) is 20.1 Å². The van der Waals surface area contributed by atoms with Gasteiger partial charge in [0.2, 0.25) is 0 Å². The molecule has 1 aliphatic heterocycles. The zero-order valence-electron chi connectivity index (χ0n) is 13.7. The molecule has 1 aliphatic rings. The summed E-state index contributed by atoms with van der Waals surface area (Å²) in [6.07, 6.45) is -9.09. The van der Waals surface area contributed by atoms with Crippen molar-refractivity contribution in [3.63, 3.8) is 0 Å². The second-order valence-corrected chi connectivity index (χ2v) is 6.15. The van der Waals surface area contributed by atoms with E-state index >= 15 is 0 Å². The molecule has 1 N–H and O–H groups in total. The molecule has 0 spiro atoms. The highest BCUT2D eigenvalue weighted by Gasteiger charge is 2.42. The fourth-order valence-corrected chi connectivity index (χ4v) is 2.96. The Morgan fingerprint density at radius 2 is 1.85 bits per heavy atom. The van der Waals surface area contributed by atoms with E-state index < -0.39 is 35.3 Å². The van der Waals surface area contributed by atoms with Crippen LogP contribution in [0.3, 0.4) is 0 Å². The van der Waals surface area contributed by atoms with Crippen LogP contribution in [-0.2, 0) is 25.7 Å². The van der Waals surface area contributed by atoms with Gasteiger partial charge in [-0.3, -0.25) is 4.79 Å². The van der Waals surface area contributed by atoms with Crippen LogP contribution in [0.1, 0.15) is 34.0 Å². The van der Waals surface area contributed by atoms with Crippen LogP contribution in [0, 0.1) is 5.92 Å². The highest BCUT2D eigenvalue weighted by atomic mass is 19.4. The Morgan fingerprint density at radius 3 is 2.52 bits per heavy atom. The van der Waals surface area contributed by atoms with Crippen LogP contribution >= 0.6 is 0 Å². The standard InChI is InChI=1S/C16H14F6N4O/c17-15(18,19)9-5-6-12-24-25-13(26(12)8-9)7-23-14(27)10-3-1-2-4-11(10)16(20,21)22/h1-4,9H,5-8H2,(H,23,27). The number of hydrogen-bond acceptors (Lipinski definition) is 3. The number of carbonyl (C=O) groups is 1. The SMILES string of the molecule is O=C(NCc1nnc2n1CC(C(F)(F)F)CC2)c1ccccc1C(F)(F)F. The molecule has 2 heterocycles. The van der Waals surface area contributed by atoms with Gasteiger partial charge in [0.25, 0.3) is 5.91 Å². The van der Waals surface area contributed by atoms with E-state index in [0.717, 1.165) is 18.2 Å². The van der Waals surface area contributed by atoms with Crippen molar-refractivity contribution in [2.24, 2.45) is 5.92 Å². The van der Waals surface area contributed by atoms with Crippen LogP contribution in [0.5, 0.6) is 0 Å². The molecule has 0 bridgehead atoms. The van der Waals surface area contributed by atoms with Crippen LogP contribution in [-0.4, -0.2) is 26.8 Å². The predicted molar refractivity (Wildman–Crippen MR) is 80.5 cm³/mol. The second-order valence-electron chi connectivity index (χ2n) is 6.15. The Morgan fingerprint density at radius 1 is 1.15 bits per heavy atom. The van der Waals surface area contributed by atoms with Crippen LogP contribution in [0.15, 0.2) is 24.3 Å². The molecule has 1 amide bonds. The summed E-state index contributed by atoms with van der Waals surface area (Å²) < 4.78 is 79.0. The molecule has 2 aromatic rings. The number of amides is 1. The average Bonchev–Trinajstić information content (AvgIpc) is 3.00. The molecule has 146 valence electrons. The van der Waals surface area contributed by atoms with Crippen LogP contribution in [0.25, 0.3) is 0 Å². The van der Waals surface area contributed by atoms with Crippen LogP contribution in [0.2, 0.25) is 0 Å². The highest BCUT2D eigenvalue weighted by molar-refractivity contribution is 5.95. The third-order valence-electron chi connectivity index (χ3n) is 4.37. The van der Waals surface area contributed by atoms with E-state index in [1.165, 1.54) is 10.6 Å². The number of rotatable bonds is 3. The summed E-state index contributed by atoms with van der Waals surface area (Å²) in [6, 6.07) is 4.25. The van der Waals surface area contributed by atoms with Gasteiger partial charge in [0.15, 0.2) is 5.82 Å². The third-order valence-corrected chi connectivity index (χ3v) is 4.37. The number of benzene rings is 1. The zero-order valence-corrected chi connectivity index (χ0v) is 13.7. The van der Waals surface area contributed by atoms with Gasteiger partial charge < -0.3 is 9.88 Å². The third kappa shape index (κ3) is 4.06. The molecule has 27 heavy (non-hydrogen) atoms. The number of nitrogens with one attached hydrogen (secondary N) is 1. The van der Waals surface area contributed by atoms with Gasteiger partial charge in [0, 0.05) is 13.0 Å². The number of hydrogen-bond donors (Lipinski definition) is 1. The summed E-state index contributed by atoms with van der Waals surface area (Å²) in [4.78, 5) is 12.2. The van der Waals surface area contributed by atoms with Gasteiger partial charge in [-0.05, 0) is 18.6 Å². The first-order valence-corrected chi connectivity index (χ1v) is 7.99. The fourth-order valence-electron chi connectivity index (χ4n) is 2.96. The second kappa shape index (κ2) is 6.86. The lowest BCUT2D eigenvalue weighted by atomic mass is 9.99. The Kier molecular flexibility index (Phi) is 4.87. The largest absolute Gasteiger partial charge is 0.417 e. The molecule has 3 rings (SSSR count). The lowest BCUT2D eigenvalue weighted by molar-refractivity contribution is -0.182. The topological polar surface area (TPSA) is 59.8 Å². The fraction of sp³-hybridized carbons (Fsp3) is 0.438. The van der Waals surface area contributed by atoms with Gasteiger partial charge in [0.05, 0.1) is 23.6 Å². The maximum Gasteiger partial charge on any atom is 0.417 e. The van der Waals surface area contributed by atoms with Gasteiger partial charge in [-0.1, -0.05) is 12.1 Å². The molecule has 1 atom stereocenters. The van der Waals surface area contributed by atoms with Crippen molar-refractivity contribution in [3.8, 4) is 0 Å². The van der Waals surface area contributed by atoms with Crippen molar-refractivity contribution >= 4 is 5.91 Å². The number of aromatic nitrogens is 3. The van der Waals surface area contributed by atoms with E-state index in [0.29, 0.717) is 5.82 Å². The quantitative estimate of drug-likeness (QED) is 0.815. The average molecular weight is 392 g/mol. The van der Waals surface area contributed by atoms with E-state index in [9.17, 15) is 31.1 Å². The molecule has 0 saturated carbocycles. The maximum atomic E-state index is 13.0. The molecule has 11 heteroatoms. The number of alkyl halides is 6. The van der Waals surface area contributed by atoms with E-state index in [2.05, 4.69) is 15.5 Å². The molecule has 0 fully saturated rings. The minimum Gasteiger partial charge on any atom is -0.345 e. The first-order valence-electron chi connectivity index (χ1n) is 7.99. The van der Waals surface area contributed by atoms with Crippen LogP contribution < -0.4 is 5.32 Å². The van der Waals surface area contributed by atoms with Crippen LogP contribution in [0.4, 0.5) is 26.3 Å². The lowest BCUT2D eigenvalue weighted by Gasteiger charge is -2.26. The Hall–Kier alpha value is -2.59. The van der Waals surface area contributed by atoms with E-state index in [4.69, 9.17) is 0 Å². The number of carbonyl (C=O) groups excluding carboxylic acids is 1. The summed E-state index contributed by atoms with van der Waals surface area (Å²) in [5.41, 5.74) is -1.67. The first-order chi connectivity index (χ1) is 12.6. The molecule has 0 saturated heterocycles. The molecule has 1 aromatic carbocycles. The van der Waals surface area contributed by atoms with Gasteiger partial charge in [-0.25, -0.2) is 0 Å². The van der Waals surface area contributed by atoms with Crippen molar-refractivity contribution in [2.45, 2.75) is 38.3 Å². The molecular formula is C16H14F6N4O. The van der Waals surface area contributed by atoms with Crippen molar-refractivity contribution < 1.29 is 31.1 Å². The lowest BCUT2D eigenvalue weighted by Crippen LogP contribution is -2.34. The predicted octanol–water partition coefficient (Wildman–Crippen LogP) is 3.35. The summed E-state index contributed by atoms with van der Waals surface area (Å²) in [5, 5.41) is 9.83. The molecular weight excluding hydrogens is 378 g/mol. The number of nitrogens with zero attached hydrogens (tertiary/aromatic N) is 3. The van der Waals surface area contributed by atoms with Crippen molar-refractivity contribution in [2.75, 3.05) is 0 Å². The van der Waals surface area contributed by atoms with Gasteiger partial charge >= 0.3 is 12.4 Å². The monoisotopic (exact) mass is 392 g/mol. The minimum atomic E-state index is -4.71. The van der Waals surface area contributed by atoms with Crippen molar-refractivity contribution in [3.05, 3.63) is 47.0 Å². The Labute approximate surface area is 149 Å². The summed E-state index contributed by atoms with van der Waals surface area (Å²) in [6.45, 7) is -0.710. The van der Waals surface area contributed by atoms with Gasteiger partial charge in [0.1, 0.15) is 5.82 Å². The minimum absolute atomic E-state index is 0.0665. The maximum absolute atomic E-state index is 13.0. The molecule has 5 nitrogen and oxygen atoms in total. The van der Waals surface area contributed by atoms with Gasteiger partial charge in [-0.2, -0.15) is 26.3 Å². The number of fused-ring (bicyclic) bond motifs is 1. The smallest absolute Gasteiger partial charge is 0.345 e. The summed E-state index contributed by atoms with van der Waals surface area (Å²) in [5.74, 6) is -2.13. The van der Waals surface area contributed by atoms with Crippen molar-refractivity contribution in [1.29, 1.82) is 0 Å². The Bertz CT molecular complexity index is 842. The molecule has 0 aliphatic carbocycles. The summed E-state index contributed by atoms with van der Waals surface area (Å²) >= 11 is 0. The first kappa shape index (κ1) is 19.2. The molecule has 1 unspecified atom stereocenters. The zero-order chi connectivity index (χ0) is 19.8. The molecule has 1 aromatic heterocycles. The highest BCUT2D eigenvalue weighted by Crippen LogP contribution is 2.34. The van der Waals surface area contributed by atoms with E-state index in [-0.39, 0.29) is 31.8 Å². The molecule has 0 radical (unpaired) electrons. The number of aryl methyl sites for hydroxylation is 1.